The standard InChI is InChI=1S/C21H24N6O3/c1-29-17-9-16(10-18(11-17)30-2)25-21(28)15-5-3-7-26(13-15)19-12-20(23-14-22-19)27-8-4-6-24-27/h4,6,8-12,14-15H,3,5,7,13H2,1-2H3,(H,25,28). The van der Waals surface area contributed by atoms with Gasteiger partial charge in [0.05, 0.1) is 20.1 Å². The number of hydrogen-bond acceptors (Lipinski definition) is 7. The molecule has 9 nitrogen and oxygen atoms in total. The van der Waals surface area contributed by atoms with Gasteiger partial charge < -0.3 is 19.7 Å². The molecular formula is C21H24N6O3. The summed E-state index contributed by atoms with van der Waals surface area (Å²) in [5.41, 5.74) is 0.649. The summed E-state index contributed by atoms with van der Waals surface area (Å²) in [7, 11) is 3.16. The fourth-order valence-electron chi connectivity index (χ4n) is 3.56. The van der Waals surface area contributed by atoms with Crippen molar-refractivity contribution in [3.63, 3.8) is 0 Å². The highest BCUT2D eigenvalue weighted by Crippen LogP contribution is 2.28. The normalized spacial score (nSPS) is 16.2. The van der Waals surface area contributed by atoms with Gasteiger partial charge in [0.15, 0.2) is 5.82 Å². The summed E-state index contributed by atoms with van der Waals surface area (Å²) in [6.07, 6.45) is 6.79. The van der Waals surface area contributed by atoms with Crippen molar-refractivity contribution < 1.29 is 14.3 Å². The highest BCUT2D eigenvalue weighted by Gasteiger charge is 2.27. The summed E-state index contributed by atoms with van der Waals surface area (Å²) in [6.45, 7) is 1.43. The average molecular weight is 408 g/mol. The number of nitrogens with one attached hydrogen (secondary N) is 1. The Kier molecular flexibility index (Phi) is 5.78. The van der Waals surface area contributed by atoms with Crippen molar-refractivity contribution in [2.24, 2.45) is 5.92 Å². The van der Waals surface area contributed by atoms with Gasteiger partial charge in [-0.3, -0.25) is 4.79 Å². The van der Waals surface area contributed by atoms with E-state index >= 15 is 0 Å². The molecule has 1 aliphatic heterocycles. The minimum absolute atomic E-state index is 0.0311. The first-order valence-corrected chi connectivity index (χ1v) is 9.77. The topological polar surface area (TPSA) is 94.4 Å². The molecule has 1 amide bonds. The van der Waals surface area contributed by atoms with E-state index in [0.29, 0.717) is 29.5 Å². The molecule has 156 valence electrons. The van der Waals surface area contributed by atoms with Gasteiger partial charge in [0.2, 0.25) is 5.91 Å². The number of anilines is 2. The lowest BCUT2D eigenvalue weighted by molar-refractivity contribution is -0.120. The number of methoxy groups -OCH3 is 2. The fraction of sp³-hybridized carbons (Fsp3) is 0.333. The van der Waals surface area contributed by atoms with Gasteiger partial charge in [-0.15, -0.1) is 0 Å². The molecule has 1 saturated heterocycles. The van der Waals surface area contributed by atoms with Gasteiger partial charge >= 0.3 is 0 Å². The van der Waals surface area contributed by atoms with Crippen molar-refractivity contribution in [3.8, 4) is 17.3 Å². The summed E-state index contributed by atoms with van der Waals surface area (Å²) < 4.78 is 12.3. The third-order valence-corrected chi connectivity index (χ3v) is 5.11. The molecule has 0 spiro atoms. The maximum Gasteiger partial charge on any atom is 0.229 e. The highest BCUT2D eigenvalue weighted by molar-refractivity contribution is 5.93. The second-order valence-electron chi connectivity index (χ2n) is 7.06. The van der Waals surface area contributed by atoms with E-state index in [1.54, 1.807) is 43.3 Å². The van der Waals surface area contributed by atoms with E-state index in [1.807, 2.05) is 18.3 Å². The van der Waals surface area contributed by atoms with Crippen LogP contribution in [0.15, 0.2) is 49.1 Å². The Hall–Kier alpha value is -3.62. The van der Waals surface area contributed by atoms with Gasteiger partial charge in [-0.25, -0.2) is 14.6 Å². The monoisotopic (exact) mass is 408 g/mol. The summed E-state index contributed by atoms with van der Waals surface area (Å²) in [4.78, 5) is 23.7. The number of carbonyl (C=O) groups is 1. The molecule has 30 heavy (non-hydrogen) atoms. The van der Waals surface area contributed by atoms with Crippen molar-refractivity contribution in [3.05, 3.63) is 49.1 Å². The molecule has 1 aliphatic rings. The number of hydrogen-bond donors (Lipinski definition) is 1. The van der Waals surface area contributed by atoms with Crippen molar-refractivity contribution in [1.82, 2.24) is 19.7 Å². The molecule has 1 fully saturated rings. The summed E-state index contributed by atoms with van der Waals surface area (Å²) in [6, 6.07) is 9.06. The summed E-state index contributed by atoms with van der Waals surface area (Å²) >= 11 is 0. The van der Waals surface area contributed by atoms with Crippen LogP contribution in [0.5, 0.6) is 11.5 Å². The van der Waals surface area contributed by atoms with Gasteiger partial charge in [0, 0.05) is 55.4 Å². The largest absolute Gasteiger partial charge is 0.497 e. The van der Waals surface area contributed by atoms with Crippen molar-refractivity contribution >= 4 is 17.4 Å². The molecule has 1 atom stereocenters. The zero-order chi connectivity index (χ0) is 20.9. The first kappa shape index (κ1) is 19.7. The molecule has 0 radical (unpaired) electrons. The van der Waals surface area contributed by atoms with Crippen molar-refractivity contribution in [1.29, 1.82) is 0 Å². The van der Waals surface area contributed by atoms with Gasteiger partial charge in [-0.2, -0.15) is 5.10 Å². The number of nitrogens with zero attached hydrogens (tertiary/aromatic N) is 5. The fourth-order valence-corrected chi connectivity index (χ4v) is 3.56. The van der Waals surface area contributed by atoms with E-state index in [1.165, 1.54) is 6.33 Å². The predicted molar refractivity (Wildman–Crippen MR) is 112 cm³/mol. The van der Waals surface area contributed by atoms with Gasteiger partial charge in [-0.05, 0) is 18.9 Å². The minimum atomic E-state index is -0.154. The quantitative estimate of drug-likeness (QED) is 0.670. The second-order valence-corrected chi connectivity index (χ2v) is 7.06. The number of aromatic nitrogens is 4. The molecule has 1 unspecified atom stereocenters. The van der Waals surface area contributed by atoms with E-state index in [9.17, 15) is 4.79 Å². The van der Waals surface area contributed by atoms with Crippen molar-refractivity contribution in [2.75, 3.05) is 37.5 Å². The van der Waals surface area contributed by atoms with Crippen LogP contribution in [0.2, 0.25) is 0 Å². The zero-order valence-corrected chi connectivity index (χ0v) is 17.0. The molecule has 1 aromatic carbocycles. The van der Waals surface area contributed by atoms with Gasteiger partial charge in [-0.1, -0.05) is 0 Å². The number of rotatable bonds is 6. The van der Waals surface area contributed by atoms with Crippen LogP contribution in [0.25, 0.3) is 5.82 Å². The van der Waals surface area contributed by atoms with Crippen LogP contribution >= 0.6 is 0 Å². The lowest BCUT2D eigenvalue weighted by Gasteiger charge is -2.33. The molecule has 0 saturated carbocycles. The Labute approximate surface area is 174 Å². The Bertz CT molecular complexity index is 985. The SMILES string of the molecule is COc1cc(NC(=O)C2CCCN(c3cc(-n4cccn4)ncn3)C2)cc(OC)c1. The number of amides is 1. The first-order valence-electron chi connectivity index (χ1n) is 9.77. The highest BCUT2D eigenvalue weighted by atomic mass is 16.5. The van der Waals surface area contributed by atoms with E-state index < -0.39 is 0 Å². The Morgan fingerprint density at radius 1 is 1.10 bits per heavy atom. The molecule has 3 aromatic rings. The molecular weight excluding hydrogens is 384 g/mol. The Balaban J connectivity index is 1.46. The molecule has 9 heteroatoms. The third-order valence-electron chi connectivity index (χ3n) is 5.11. The van der Waals surface area contributed by atoms with Crippen LogP contribution in [0.3, 0.4) is 0 Å². The molecule has 0 aliphatic carbocycles. The number of ether oxygens (including phenoxy) is 2. The Morgan fingerprint density at radius 2 is 1.87 bits per heavy atom. The van der Waals surface area contributed by atoms with Crippen LogP contribution < -0.4 is 19.7 Å². The van der Waals surface area contributed by atoms with Crippen LogP contribution in [-0.4, -0.2) is 53.0 Å². The molecule has 0 bridgehead atoms. The third kappa shape index (κ3) is 4.35. The minimum Gasteiger partial charge on any atom is -0.497 e. The van der Waals surface area contributed by atoms with E-state index in [-0.39, 0.29) is 11.8 Å². The maximum absolute atomic E-state index is 12.9. The van der Waals surface area contributed by atoms with Crippen LogP contribution in [-0.2, 0) is 4.79 Å². The molecule has 2 aromatic heterocycles. The lowest BCUT2D eigenvalue weighted by atomic mass is 9.97. The number of piperidine rings is 1. The van der Waals surface area contributed by atoms with Crippen LogP contribution in [0.1, 0.15) is 12.8 Å². The first-order chi connectivity index (χ1) is 14.7. The molecule has 1 N–H and O–H groups in total. The van der Waals surface area contributed by atoms with E-state index in [0.717, 1.165) is 25.2 Å². The molecule has 3 heterocycles. The van der Waals surface area contributed by atoms with Crippen LogP contribution in [0.4, 0.5) is 11.5 Å². The van der Waals surface area contributed by atoms with E-state index in [4.69, 9.17) is 9.47 Å². The zero-order valence-electron chi connectivity index (χ0n) is 17.0. The summed E-state index contributed by atoms with van der Waals surface area (Å²) in [5, 5.41) is 7.21. The second kappa shape index (κ2) is 8.81. The van der Waals surface area contributed by atoms with Crippen LogP contribution in [0, 0.1) is 5.92 Å². The maximum atomic E-state index is 12.9. The average Bonchev–Trinajstić information content (AvgIpc) is 3.34. The van der Waals surface area contributed by atoms with E-state index in [2.05, 4.69) is 25.3 Å². The smallest absolute Gasteiger partial charge is 0.229 e. The lowest BCUT2D eigenvalue weighted by Crippen LogP contribution is -2.41. The predicted octanol–water partition coefficient (Wildman–Crippen LogP) is 2.53. The van der Waals surface area contributed by atoms with Gasteiger partial charge in [0.1, 0.15) is 23.6 Å². The number of carbonyl (C=O) groups excluding carboxylic acids is 1. The van der Waals surface area contributed by atoms with Gasteiger partial charge in [0.25, 0.3) is 0 Å². The van der Waals surface area contributed by atoms with Crippen molar-refractivity contribution in [2.45, 2.75) is 12.8 Å². The molecule has 4 rings (SSSR count). The Morgan fingerprint density at radius 3 is 2.57 bits per heavy atom. The summed E-state index contributed by atoms with van der Waals surface area (Å²) in [5.74, 6) is 2.55. The number of benzene rings is 1.